The van der Waals surface area contributed by atoms with Gasteiger partial charge in [-0.15, -0.1) is 11.6 Å². The Hall–Kier alpha value is -0.310. The highest BCUT2D eigenvalue weighted by Crippen LogP contribution is 2.19. The van der Waals surface area contributed by atoms with E-state index in [4.69, 9.17) is 23.2 Å². The number of rotatable bonds is 5. The molecule has 0 amide bonds. The van der Waals surface area contributed by atoms with Crippen LogP contribution in [0.5, 0.6) is 0 Å². The van der Waals surface area contributed by atoms with Crippen LogP contribution in [0.3, 0.4) is 0 Å². The molecule has 0 N–H and O–H groups in total. The number of benzene rings is 1. The molecule has 1 aromatic carbocycles. The number of halogens is 3. The van der Waals surface area contributed by atoms with Crippen molar-refractivity contribution < 1.29 is 4.39 Å². The van der Waals surface area contributed by atoms with Gasteiger partial charge in [0.15, 0.2) is 0 Å². The maximum atomic E-state index is 12.9. The molecule has 0 saturated heterocycles. The average Bonchev–Trinajstić information content (AvgIpc) is 2.20. The fourth-order valence-corrected chi connectivity index (χ4v) is 1.94. The minimum absolute atomic E-state index is 0.304. The molecule has 1 rings (SSSR count). The highest BCUT2D eigenvalue weighted by Gasteiger charge is 2.11. The van der Waals surface area contributed by atoms with E-state index in [0.717, 1.165) is 12.1 Å². The van der Waals surface area contributed by atoms with Gasteiger partial charge >= 0.3 is 0 Å². The molecule has 0 aliphatic rings. The molecule has 16 heavy (non-hydrogen) atoms. The van der Waals surface area contributed by atoms with Gasteiger partial charge in [0.05, 0.1) is 0 Å². The quantitative estimate of drug-likeness (QED) is 0.728. The maximum Gasteiger partial charge on any atom is 0.124 e. The molecule has 1 nitrogen and oxygen atoms in total. The van der Waals surface area contributed by atoms with Crippen molar-refractivity contribution in [2.75, 3.05) is 12.4 Å². The number of nitrogens with zero attached hydrogens (tertiary/aromatic N) is 1. The Morgan fingerprint density at radius 1 is 1.38 bits per heavy atom. The van der Waals surface area contributed by atoms with Crippen LogP contribution >= 0.6 is 23.2 Å². The van der Waals surface area contributed by atoms with E-state index in [0.29, 0.717) is 23.5 Å². The van der Waals surface area contributed by atoms with Crippen molar-refractivity contribution in [3.05, 3.63) is 34.6 Å². The molecule has 90 valence electrons. The van der Waals surface area contributed by atoms with Crippen molar-refractivity contribution in [2.45, 2.75) is 26.4 Å². The summed E-state index contributed by atoms with van der Waals surface area (Å²) >= 11 is 11.7. The molecule has 0 aromatic heterocycles. The van der Waals surface area contributed by atoms with Crippen LogP contribution in [0.25, 0.3) is 0 Å². The second-order valence-electron chi connectivity index (χ2n) is 3.99. The van der Waals surface area contributed by atoms with E-state index < -0.39 is 0 Å². The van der Waals surface area contributed by atoms with E-state index in [1.54, 1.807) is 6.07 Å². The molecule has 0 saturated carbocycles. The Balaban J connectivity index is 2.77. The molecular formula is C12H16Cl2FN. The Bertz CT molecular complexity index is 342. The SMILES string of the molecule is CC(C)N(CCCl)Cc1ccc(F)cc1Cl. The normalized spacial score (nSPS) is 11.4. The fraction of sp³-hybridized carbons (Fsp3) is 0.500. The lowest BCUT2D eigenvalue weighted by Crippen LogP contribution is -2.32. The third kappa shape index (κ3) is 3.93. The maximum absolute atomic E-state index is 12.9. The van der Waals surface area contributed by atoms with Crippen LogP contribution in [0.4, 0.5) is 4.39 Å². The van der Waals surface area contributed by atoms with Crippen molar-refractivity contribution in [1.82, 2.24) is 4.90 Å². The molecule has 0 bridgehead atoms. The molecule has 0 unspecified atom stereocenters. The predicted octanol–water partition coefficient (Wildman–Crippen LogP) is 3.93. The lowest BCUT2D eigenvalue weighted by molar-refractivity contribution is 0.226. The predicted molar refractivity (Wildman–Crippen MR) is 67.7 cm³/mol. The van der Waals surface area contributed by atoms with Gasteiger partial charge in [0, 0.05) is 30.0 Å². The summed E-state index contributed by atoms with van der Waals surface area (Å²) in [7, 11) is 0. The van der Waals surface area contributed by atoms with Crippen molar-refractivity contribution >= 4 is 23.2 Å². The van der Waals surface area contributed by atoms with Gasteiger partial charge in [-0.1, -0.05) is 17.7 Å². The standard InChI is InChI=1S/C12H16Cl2FN/c1-9(2)16(6-5-13)8-10-3-4-11(15)7-12(10)14/h3-4,7,9H,5-6,8H2,1-2H3. The first-order valence-electron chi connectivity index (χ1n) is 5.28. The summed E-state index contributed by atoms with van der Waals surface area (Å²) in [5.74, 6) is 0.277. The Morgan fingerprint density at radius 2 is 2.06 bits per heavy atom. The summed E-state index contributed by atoms with van der Waals surface area (Å²) in [5.41, 5.74) is 0.932. The molecule has 0 spiro atoms. The monoisotopic (exact) mass is 263 g/mol. The first-order valence-corrected chi connectivity index (χ1v) is 6.19. The van der Waals surface area contributed by atoms with Gasteiger partial charge in [-0.25, -0.2) is 4.39 Å². The summed E-state index contributed by atoms with van der Waals surface area (Å²) in [6.07, 6.45) is 0. The topological polar surface area (TPSA) is 3.24 Å². The van der Waals surface area contributed by atoms with Crippen molar-refractivity contribution in [3.8, 4) is 0 Å². The zero-order valence-corrected chi connectivity index (χ0v) is 11.0. The van der Waals surface area contributed by atoms with Crippen LogP contribution in [-0.2, 0) is 6.54 Å². The zero-order chi connectivity index (χ0) is 12.1. The number of alkyl halides is 1. The van der Waals surface area contributed by atoms with Crippen molar-refractivity contribution in [2.24, 2.45) is 0 Å². The van der Waals surface area contributed by atoms with E-state index in [9.17, 15) is 4.39 Å². The van der Waals surface area contributed by atoms with Crippen LogP contribution in [0.1, 0.15) is 19.4 Å². The summed E-state index contributed by atoms with van der Waals surface area (Å²) in [4.78, 5) is 2.20. The summed E-state index contributed by atoms with van der Waals surface area (Å²) in [6.45, 7) is 5.70. The summed E-state index contributed by atoms with van der Waals surface area (Å²) in [6, 6.07) is 4.89. The lowest BCUT2D eigenvalue weighted by Gasteiger charge is -2.25. The Morgan fingerprint density at radius 3 is 2.56 bits per heavy atom. The minimum Gasteiger partial charge on any atom is -0.295 e. The van der Waals surface area contributed by atoms with Gasteiger partial charge in [0.1, 0.15) is 5.82 Å². The second kappa shape index (κ2) is 6.43. The molecule has 0 aliphatic heterocycles. The Labute approximate surface area is 106 Å². The number of hydrogen-bond acceptors (Lipinski definition) is 1. The van der Waals surface area contributed by atoms with Gasteiger partial charge in [-0.2, -0.15) is 0 Å². The third-order valence-corrected chi connectivity index (χ3v) is 3.01. The van der Waals surface area contributed by atoms with Crippen LogP contribution < -0.4 is 0 Å². The first kappa shape index (κ1) is 13.8. The zero-order valence-electron chi connectivity index (χ0n) is 9.51. The molecule has 0 aliphatic carbocycles. The molecule has 4 heteroatoms. The summed E-state index contributed by atoms with van der Waals surface area (Å²) in [5, 5.41) is 0.472. The van der Waals surface area contributed by atoms with Gasteiger partial charge in [-0.05, 0) is 31.5 Å². The van der Waals surface area contributed by atoms with Crippen LogP contribution in [0.2, 0.25) is 5.02 Å². The van der Waals surface area contributed by atoms with E-state index >= 15 is 0 Å². The van der Waals surface area contributed by atoms with Crippen LogP contribution in [0, 0.1) is 5.82 Å². The number of hydrogen-bond donors (Lipinski definition) is 0. The first-order chi connectivity index (χ1) is 7.54. The molecule has 0 atom stereocenters. The van der Waals surface area contributed by atoms with Crippen LogP contribution in [-0.4, -0.2) is 23.4 Å². The van der Waals surface area contributed by atoms with E-state index in [1.165, 1.54) is 12.1 Å². The van der Waals surface area contributed by atoms with Crippen LogP contribution in [0.15, 0.2) is 18.2 Å². The van der Waals surface area contributed by atoms with Gasteiger partial charge < -0.3 is 0 Å². The Kier molecular flexibility index (Phi) is 5.53. The third-order valence-electron chi connectivity index (χ3n) is 2.49. The van der Waals surface area contributed by atoms with Crippen molar-refractivity contribution in [3.63, 3.8) is 0 Å². The summed E-state index contributed by atoms with van der Waals surface area (Å²) < 4.78 is 12.9. The highest BCUT2D eigenvalue weighted by atomic mass is 35.5. The fourth-order valence-electron chi connectivity index (χ4n) is 1.50. The van der Waals surface area contributed by atoms with E-state index in [1.807, 2.05) is 0 Å². The molecule has 1 aromatic rings. The van der Waals surface area contributed by atoms with E-state index in [2.05, 4.69) is 18.7 Å². The average molecular weight is 264 g/mol. The van der Waals surface area contributed by atoms with Gasteiger partial charge in [0.2, 0.25) is 0 Å². The molecular weight excluding hydrogens is 248 g/mol. The van der Waals surface area contributed by atoms with Gasteiger partial charge in [0.25, 0.3) is 0 Å². The minimum atomic E-state index is -0.304. The smallest absolute Gasteiger partial charge is 0.124 e. The van der Waals surface area contributed by atoms with E-state index in [-0.39, 0.29) is 5.82 Å². The molecule has 0 radical (unpaired) electrons. The largest absolute Gasteiger partial charge is 0.295 e. The highest BCUT2D eigenvalue weighted by molar-refractivity contribution is 6.31. The molecule has 0 heterocycles. The van der Waals surface area contributed by atoms with Gasteiger partial charge in [-0.3, -0.25) is 4.90 Å². The molecule has 0 fully saturated rings. The van der Waals surface area contributed by atoms with Crippen molar-refractivity contribution in [1.29, 1.82) is 0 Å². The second-order valence-corrected chi connectivity index (χ2v) is 4.77. The lowest BCUT2D eigenvalue weighted by atomic mass is 10.2.